The fraction of sp³-hybridized carbons (Fsp3) is 0.231. The molecule has 0 radical (unpaired) electrons. The third-order valence-electron chi connectivity index (χ3n) is 2.65. The number of nitrogens with one attached hydrogen (secondary N) is 1. The SMILES string of the molecule is Cc1ccc(C(C)Nc2ccc([N+](=O)[O-])cc2)s1. The average molecular weight is 262 g/mol. The van der Waals surface area contributed by atoms with E-state index in [2.05, 4.69) is 31.3 Å². The molecule has 0 saturated carbocycles. The minimum atomic E-state index is -0.393. The first-order chi connectivity index (χ1) is 8.56. The summed E-state index contributed by atoms with van der Waals surface area (Å²) in [6.45, 7) is 4.15. The number of thiophene rings is 1. The minimum absolute atomic E-state index is 0.111. The molecule has 1 heterocycles. The van der Waals surface area contributed by atoms with E-state index in [1.807, 2.05) is 0 Å². The van der Waals surface area contributed by atoms with Crippen LogP contribution in [0.1, 0.15) is 22.7 Å². The van der Waals surface area contributed by atoms with E-state index in [0.717, 1.165) is 5.69 Å². The third kappa shape index (κ3) is 2.87. The molecule has 0 aliphatic carbocycles. The van der Waals surface area contributed by atoms with Crippen molar-refractivity contribution < 1.29 is 4.92 Å². The van der Waals surface area contributed by atoms with Gasteiger partial charge in [-0.25, -0.2) is 0 Å². The zero-order chi connectivity index (χ0) is 13.1. The maximum atomic E-state index is 10.5. The Morgan fingerprint density at radius 3 is 2.39 bits per heavy atom. The summed E-state index contributed by atoms with van der Waals surface area (Å²) < 4.78 is 0. The van der Waals surface area contributed by atoms with Crippen LogP contribution in [0.4, 0.5) is 11.4 Å². The molecule has 0 saturated heterocycles. The lowest BCUT2D eigenvalue weighted by molar-refractivity contribution is -0.384. The van der Waals surface area contributed by atoms with E-state index >= 15 is 0 Å². The predicted octanol–water partition coefficient (Wildman–Crippen LogP) is 4.14. The number of aryl methyl sites for hydroxylation is 1. The summed E-state index contributed by atoms with van der Waals surface area (Å²) in [6.07, 6.45) is 0. The van der Waals surface area contributed by atoms with Crippen molar-refractivity contribution in [1.29, 1.82) is 0 Å². The van der Waals surface area contributed by atoms with Gasteiger partial charge >= 0.3 is 0 Å². The van der Waals surface area contributed by atoms with Crippen LogP contribution >= 0.6 is 11.3 Å². The lowest BCUT2D eigenvalue weighted by atomic mass is 10.2. The number of non-ortho nitro benzene ring substituents is 1. The first-order valence-electron chi connectivity index (χ1n) is 5.63. The van der Waals surface area contributed by atoms with Crippen molar-refractivity contribution in [3.05, 3.63) is 56.3 Å². The molecular formula is C13H14N2O2S. The van der Waals surface area contributed by atoms with Crippen molar-refractivity contribution in [3.63, 3.8) is 0 Å². The molecule has 4 nitrogen and oxygen atoms in total. The molecule has 0 aliphatic rings. The Kier molecular flexibility index (Phi) is 3.62. The third-order valence-corrected chi connectivity index (χ3v) is 3.83. The summed E-state index contributed by atoms with van der Waals surface area (Å²) in [7, 11) is 0. The molecule has 2 rings (SSSR count). The van der Waals surface area contributed by atoms with Gasteiger partial charge in [0.15, 0.2) is 0 Å². The molecule has 1 aromatic carbocycles. The number of anilines is 1. The smallest absolute Gasteiger partial charge is 0.269 e. The van der Waals surface area contributed by atoms with Crippen molar-refractivity contribution in [2.45, 2.75) is 19.9 Å². The summed E-state index contributed by atoms with van der Waals surface area (Å²) in [6, 6.07) is 10.9. The second-order valence-corrected chi connectivity index (χ2v) is 5.44. The second-order valence-electron chi connectivity index (χ2n) is 4.12. The van der Waals surface area contributed by atoms with Gasteiger partial charge in [-0.05, 0) is 38.1 Å². The highest BCUT2D eigenvalue weighted by Gasteiger charge is 2.09. The summed E-state index contributed by atoms with van der Waals surface area (Å²) >= 11 is 1.75. The highest BCUT2D eigenvalue weighted by Crippen LogP contribution is 2.26. The Bertz CT molecular complexity index is 548. The van der Waals surface area contributed by atoms with Crippen LogP contribution in [0.2, 0.25) is 0 Å². The van der Waals surface area contributed by atoms with Crippen molar-refractivity contribution in [3.8, 4) is 0 Å². The van der Waals surface area contributed by atoms with E-state index in [4.69, 9.17) is 0 Å². The molecular weight excluding hydrogens is 248 g/mol. The molecule has 0 aliphatic heterocycles. The lowest BCUT2D eigenvalue weighted by Crippen LogP contribution is -2.04. The van der Waals surface area contributed by atoms with E-state index in [0.29, 0.717) is 0 Å². The molecule has 94 valence electrons. The second kappa shape index (κ2) is 5.18. The van der Waals surface area contributed by atoms with Crippen LogP contribution in [0.5, 0.6) is 0 Å². The van der Waals surface area contributed by atoms with Crippen LogP contribution in [-0.4, -0.2) is 4.92 Å². The molecule has 0 bridgehead atoms. The Morgan fingerprint density at radius 2 is 1.89 bits per heavy atom. The van der Waals surface area contributed by atoms with Gasteiger partial charge in [0.1, 0.15) is 0 Å². The number of nitro groups is 1. The largest absolute Gasteiger partial charge is 0.378 e. The van der Waals surface area contributed by atoms with Crippen LogP contribution in [0.3, 0.4) is 0 Å². The molecule has 2 aromatic rings. The number of hydrogen-bond acceptors (Lipinski definition) is 4. The number of benzene rings is 1. The van der Waals surface area contributed by atoms with Crippen LogP contribution < -0.4 is 5.32 Å². The summed E-state index contributed by atoms with van der Waals surface area (Å²) in [5.74, 6) is 0. The Hall–Kier alpha value is -1.88. The van der Waals surface area contributed by atoms with Gasteiger partial charge in [-0.2, -0.15) is 0 Å². The number of rotatable bonds is 4. The van der Waals surface area contributed by atoms with Crippen molar-refractivity contribution >= 4 is 22.7 Å². The van der Waals surface area contributed by atoms with E-state index in [-0.39, 0.29) is 11.7 Å². The molecule has 1 aromatic heterocycles. The van der Waals surface area contributed by atoms with Crippen LogP contribution in [0, 0.1) is 17.0 Å². The highest BCUT2D eigenvalue weighted by atomic mass is 32.1. The summed E-state index contributed by atoms with van der Waals surface area (Å²) in [5.41, 5.74) is 0.999. The van der Waals surface area contributed by atoms with Gasteiger partial charge in [0.05, 0.1) is 11.0 Å². The van der Waals surface area contributed by atoms with Gasteiger partial charge < -0.3 is 5.32 Å². The van der Waals surface area contributed by atoms with Gasteiger partial charge in [0.2, 0.25) is 0 Å². The van der Waals surface area contributed by atoms with Crippen LogP contribution in [0.25, 0.3) is 0 Å². The molecule has 1 atom stereocenters. The average Bonchev–Trinajstić information content (AvgIpc) is 2.76. The van der Waals surface area contributed by atoms with E-state index < -0.39 is 4.92 Å². The van der Waals surface area contributed by atoms with E-state index in [1.165, 1.54) is 21.9 Å². The Morgan fingerprint density at radius 1 is 1.22 bits per heavy atom. The predicted molar refractivity (Wildman–Crippen MR) is 74.2 cm³/mol. The van der Waals surface area contributed by atoms with Crippen molar-refractivity contribution in [2.75, 3.05) is 5.32 Å². The number of nitro benzene ring substituents is 1. The monoisotopic (exact) mass is 262 g/mol. The fourth-order valence-corrected chi connectivity index (χ4v) is 2.57. The van der Waals surface area contributed by atoms with Gasteiger partial charge in [-0.1, -0.05) is 0 Å². The van der Waals surface area contributed by atoms with E-state index in [1.54, 1.807) is 23.5 Å². The standard InChI is InChI=1S/C13H14N2O2S/c1-9-3-8-13(18-9)10(2)14-11-4-6-12(7-5-11)15(16)17/h3-8,10,14H,1-2H3. The molecule has 1 unspecified atom stereocenters. The summed E-state index contributed by atoms with van der Waals surface area (Å²) in [4.78, 5) is 12.7. The molecule has 0 spiro atoms. The quantitative estimate of drug-likeness (QED) is 0.665. The molecule has 0 fully saturated rings. The zero-order valence-electron chi connectivity index (χ0n) is 10.2. The van der Waals surface area contributed by atoms with Gasteiger partial charge in [0.25, 0.3) is 5.69 Å². The van der Waals surface area contributed by atoms with Crippen LogP contribution in [0.15, 0.2) is 36.4 Å². The highest BCUT2D eigenvalue weighted by molar-refractivity contribution is 7.12. The minimum Gasteiger partial charge on any atom is -0.378 e. The van der Waals surface area contributed by atoms with Gasteiger partial charge in [-0.3, -0.25) is 10.1 Å². The lowest BCUT2D eigenvalue weighted by Gasteiger charge is -2.13. The normalized spacial score (nSPS) is 12.1. The maximum Gasteiger partial charge on any atom is 0.269 e. The van der Waals surface area contributed by atoms with Crippen LogP contribution in [-0.2, 0) is 0 Å². The van der Waals surface area contributed by atoms with E-state index in [9.17, 15) is 10.1 Å². The molecule has 18 heavy (non-hydrogen) atoms. The molecule has 5 heteroatoms. The van der Waals surface area contributed by atoms with Gasteiger partial charge in [-0.15, -0.1) is 11.3 Å². The molecule has 1 N–H and O–H groups in total. The maximum absolute atomic E-state index is 10.5. The Balaban J connectivity index is 2.07. The van der Waals surface area contributed by atoms with Gasteiger partial charge in [0, 0.05) is 27.6 Å². The fourth-order valence-electron chi connectivity index (χ4n) is 1.69. The molecule has 0 amide bonds. The summed E-state index contributed by atoms with van der Waals surface area (Å²) in [5, 5.41) is 13.9. The number of hydrogen-bond donors (Lipinski definition) is 1. The number of nitrogens with zero attached hydrogens (tertiary/aromatic N) is 1. The topological polar surface area (TPSA) is 55.2 Å². The first kappa shape index (κ1) is 12.6. The zero-order valence-corrected chi connectivity index (χ0v) is 11.0. The Labute approximate surface area is 109 Å². The van der Waals surface area contributed by atoms with Crippen molar-refractivity contribution in [1.82, 2.24) is 0 Å². The van der Waals surface area contributed by atoms with Crippen molar-refractivity contribution in [2.24, 2.45) is 0 Å². The first-order valence-corrected chi connectivity index (χ1v) is 6.45.